The Morgan fingerprint density at radius 3 is 2.60 bits per heavy atom. The van der Waals surface area contributed by atoms with Crippen LogP contribution in [0, 0.1) is 12.3 Å². The molecule has 0 amide bonds. The maximum absolute atomic E-state index is 7.57. The highest BCUT2D eigenvalue weighted by Gasteiger charge is 2.05. The lowest BCUT2D eigenvalue weighted by molar-refractivity contribution is 1.35. The lowest BCUT2D eigenvalue weighted by Crippen LogP contribution is -1.86. The molecule has 0 unspecified atom stereocenters. The number of rotatable bonds is 1. The Labute approximate surface area is 94.0 Å². The first-order chi connectivity index (χ1) is 7.18. The van der Waals surface area contributed by atoms with E-state index in [1.165, 1.54) is 33.0 Å². The molecule has 2 heteroatoms. The molecular weight excluding hydrogens is 202 g/mol. The van der Waals surface area contributed by atoms with Gasteiger partial charge in [0, 0.05) is 4.90 Å². The Balaban J connectivity index is 2.68. The number of fused-ring (bicyclic) bond motifs is 1. The predicted molar refractivity (Wildman–Crippen MR) is 67.9 cm³/mol. The molecule has 0 radical (unpaired) electrons. The number of benzene rings is 2. The van der Waals surface area contributed by atoms with Crippen LogP contribution in [-0.2, 0) is 0 Å². The van der Waals surface area contributed by atoms with E-state index in [-0.39, 0.29) is 0 Å². The maximum atomic E-state index is 7.57. The Morgan fingerprint density at radius 2 is 1.87 bits per heavy atom. The van der Waals surface area contributed by atoms with Gasteiger partial charge in [-0.2, -0.15) is 0 Å². The molecule has 0 aliphatic heterocycles. The van der Waals surface area contributed by atoms with Gasteiger partial charge in [0.25, 0.3) is 0 Å². The molecule has 0 atom stereocenters. The summed E-state index contributed by atoms with van der Waals surface area (Å²) in [6.07, 6.45) is 0. The predicted octanol–water partition coefficient (Wildman–Crippen LogP) is 4.24. The fourth-order valence-electron chi connectivity index (χ4n) is 1.64. The van der Waals surface area contributed by atoms with Crippen LogP contribution < -0.4 is 0 Å². The zero-order valence-electron chi connectivity index (χ0n) is 8.87. The topological polar surface area (TPSA) is 23.9 Å². The fraction of sp³-hybridized carbons (Fsp3) is 0.154. The zero-order valence-corrected chi connectivity index (χ0v) is 9.69. The van der Waals surface area contributed by atoms with E-state index in [2.05, 4.69) is 31.2 Å². The van der Waals surface area contributed by atoms with Gasteiger partial charge in [-0.25, -0.2) is 0 Å². The molecule has 1 N–H and O–H groups in total. The molecule has 0 aliphatic carbocycles. The van der Waals surface area contributed by atoms with E-state index in [9.17, 15) is 0 Å². The van der Waals surface area contributed by atoms with Crippen LogP contribution in [0.1, 0.15) is 12.5 Å². The first-order valence-electron chi connectivity index (χ1n) is 4.90. The minimum Gasteiger partial charge on any atom is -0.298 e. The summed E-state index contributed by atoms with van der Waals surface area (Å²) in [5, 5.41) is 10.7. The van der Waals surface area contributed by atoms with Crippen molar-refractivity contribution in [3.05, 3.63) is 42.0 Å². The average molecular weight is 215 g/mol. The minimum atomic E-state index is 0.634. The number of hydrogen-bond donors (Lipinski definition) is 1. The van der Waals surface area contributed by atoms with Gasteiger partial charge in [-0.1, -0.05) is 48.2 Å². The van der Waals surface area contributed by atoms with Crippen molar-refractivity contribution in [2.75, 3.05) is 0 Å². The van der Waals surface area contributed by atoms with Crippen molar-refractivity contribution in [1.29, 1.82) is 5.41 Å². The number of nitrogens with one attached hydrogen (secondary N) is 1. The first-order valence-corrected chi connectivity index (χ1v) is 5.71. The number of aryl methyl sites for hydroxylation is 1. The van der Waals surface area contributed by atoms with Crippen LogP contribution in [0.4, 0.5) is 0 Å². The second-order valence-corrected chi connectivity index (χ2v) is 4.82. The molecule has 76 valence electrons. The SMILES string of the molecule is CC(=N)Sc1c(C)ccc2ccccc12. The molecule has 2 rings (SSSR count). The minimum absolute atomic E-state index is 0.634. The van der Waals surface area contributed by atoms with Crippen LogP contribution in [0.2, 0.25) is 0 Å². The van der Waals surface area contributed by atoms with Crippen LogP contribution in [-0.4, -0.2) is 5.04 Å². The van der Waals surface area contributed by atoms with E-state index in [1.807, 2.05) is 19.1 Å². The second kappa shape index (κ2) is 4.07. The van der Waals surface area contributed by atoms with E-state index in [0.717, 1.165) is 0 Å². The van der Waals surface area contributed by atoms with E-state index in [1.54, 1.807) is 0 Å². The van der Waals surface area contributed by atoms with Crippen molar-refractivity contribution in [2.45, 2.75) is 18.7 Å². The van der Waals surface area contributed by atoms with Crippen molar-refractivity contribution >= 4 is 27.6 Å². The lowest BCUT2D eigenvalue weighted by Gasteiger charge is -2.08. The molecular formula is C13H13NS. The summed E-state index contributed by atoms with van der Waals surface area (Å²) < 4.78 is 0. The standard InChI is InChI=1S/C13H13NS/c1-9-7-8-11-5-3-4-6-12(11)13(9)15-10(2)14/h3-8,14H,1-2H3. The van der Waals surface area contributed by atoms with Gasteiger partial charge in [0.05, 0.1) is 5.04 Å². The van der Waals surface area contributed by atoms with Crippen LogP contribution in [0.3, 0.4) is 0 Å². The summed E-state index contributed by atoms with van der Waals surface area (Å²) in [6, 6.07) is 12.6. The maximum Gasteiger partial charge on any atom is 0.0658 e. The van der Waals surface area contributed by atoms with Gasteiger partial charge in [0.1, 0.15) is 0 Å². The van der Waals surface area contributed by atoms with Gasteiger partial charge in [-0.05, 0) is 30.2 Å². The third-order valence-electron chi connectivity index (χ3n) is 2.33. The quantitative estimate of drug-likeness (QED) is 0.429. The third-order valence-corrected chi connectivity index (χ3v) is 3.38. The highest BCUT2D eigenvalue weighted by atomic mass is 32.2. The summed E-state index contributed by atoms with van der Waals surface area (Å²) >= 11 is 1.54. The molecule has 0 saturated heterocycles. The Bertz CT molecular complexity index is 517. The van der Waals surface area contributed by atoms with Crippen LogP contribution in [0.5, 0.6) is 0 Å². The molecule has 2 aromatic carbocycles. The molecule has 2 aromatic rings. The molecule has 1 nitrogen and oxygen atoms in total. The van der Waals surface area contributed by atoms with Gasteiger partial charge < -0.3 is 0 Å². The van der Waals surface area contributed by atoms with Crippen molar-refractivity contribution in [3.63, 3.8) is 0 Å². The summed E-state index contributed by atoms with van der Waals surface area (Å²) in [7, 11) is 0. The van der Waals surface area contributed by atoms with Crippen molar-refractivity contribution < 1.29 is 0 Å². The van der Waals surface area contributed by atoms with Gasteiger partial charge in [0.2, 0.25) is 0 Å². The van der Waals surface area contributed by atoms with E-state index < -0.39 is 0 Å². The second-order valence-electron chi connectivity index (χ2n) is 3.59. The monoisotopic (exact) mass is 215 g/mol. The Kier molecular flexibility index (Phi) is 2.78. The molecule has 0 bridgehead atoms. The van der Waals surface area contributed by atoms with Crippen molar-refractivity contribution in [2.24, 2.45) is 0 Å². The van der Waals surface area contributed by atoms with E-state index in [0.29, 0.717) is 5.04 Å². The highest BCUT2D eigenvalue weighted by molar-refractivity contribution is 8.14. The third kappa shape index (κ3) is 2.05. The summed E-state index contributed by atoms with van der Waals surface area (Å²) in [4.78, 5) is 1.21. The van der Waals surface area contributed by atoms with Gasteiger partial charge in [-0.15, -0.1) is 0 Å². The summed E-state index contributed by atoms with van der Waals surface area (Å²) in [6.45, 7) is 3.92. The van der Waals surface area contributed by atoms with Crippen LogP contribution >= 0.6 is 11.8 Å². The summed E-state index contributed by atoms with van der Waals surface area (Å²) in [5.41, 5.74) is 1.24. The van der Waals surface area contributed by atoms with E-state index >= 15 is 0 Å². The van der Waals surface area contributed by atoms with Gasteiger partial charge in [-0.3, -0.25) is 5.41 Å². The zero-order chi connectivity index (χ0) is 10.8. The normalized spacial score (nSPS) is 10.5. The molecule has 0 spiro atoms. The molecule has 0 aromatic heterocycles. The Morgan fingerprint density at radius 1 is 1.13 bits per heavy atom. The average Bonchev–Trinajstić information content (AvgIpc) is 2.22. The molecule has 15 heavy (non-hydrogen) atoms. The first kappa shape index (κ1) is 10.2. The number of thioether (sulfide) groups is 1. The molecule has 0 aliphatic rings. The Hall–Kier alpha value is -1.28. The fourth-order valence-corrected chi connectivity index (χ4v) is 2.47. The largest absolute Gasteiger partial charge is 0.298 e. The highest BCUT2D eigenvalue weighted by Crippen LogP contribution is 2.31. The molecule has 0 saturated carbocycles. The van der Waals surface area contributed by atoms with Crippen molar-refractivity contribution in [3.8, 4) is 0 Å². The number of hydrogen-bond acceptors (Lipinski definition) is 2. The molecule has 0 heterocycles. The smallest absolute Gasteiger partial charge is 0.0658 e. The summed E-state index contributed by atoms with van der Waals surface area (Å²) in [5.74, 6) is 0. The molecule has 0 fully saturated rings. The van der Waals surface area contributed by atoms with E-state index in [4.69, 9.17) is 5.41 Å². The lowest BCUT2D eigenvalue weighted by atomic mass is 10.1. The van der Waals surface area contributed by atoms with Crippen LogP contribution in [0.25, 0.3) is 10.8 Å². The van der Waals surface area contributed by atoms with Crippen LogP contribution in [0.15, 0.2) is 41.3 Å². The van der Waals surface area contributed by atoms with Gasteiger partial charge >= 0.3 is 0 Å². The van der Waals surface area contributed by atoms with Gasteiger partial charge in [0.15, 0.2) is 0 Å². The van der Waals surface area contributed by atoms with Crippen molar-refractivity contribution in [1.82, 2.24) is 0 Å².